The molecule has 0 radical (unpaired) electrons. The van der Waals surface area contributed by atoms with E-state index in [1.54, 1.807) is 0 Å². The smallest absolute Gasteiger partial charge is 0.140 e. The SMILES string of the molecule is CCCNCc1oc2cc(F)cc(F)c2c1CC(C)C. The fourth-order valence-corrected chi connectivity index (χ4v) is 2.40. The van der Waals surface area contributed by atoms with Gasteiger partial charge in [0, 0.05) is 17.7 Å². The van der Waals surface area contributed by atoms with Gasteiger partial charge in [0.25, 0.3) is 0 Å². The molecule has 1 aromatic carbocycles. The minimum absolute atomic E-state index is 0.298. The zero-order valence-corrected chi connectivity index (χ0v) is 12.2. The first-order valence-corrected chi connectivity index (χ1v) is 7.13. The van der Waals surface area contributed by atoms with Crippen LogP contribution in [0.1, 0.15) is 38.5 Å². The van der Waals surface area contributed by atoms with Crippen LogP contribution in [0.3, 0.4) is 0 Å². The molecule has 1 N–H and O–H groups in total. The lowest BCUT2D eigenvalue weighted by atomic mass is 9.99. The highest BCUT2D eigenvalue weighted by atomic mass is 19.1. The van der Waals surface area contributed by atoms with Crippen molar-refractivity contribution >= 4 is 11.0 Å². The maximum absolute atomic E-state index is 14.0. The standard InChI is InChI=1S/C16H21F2NO/c1-4-5-19-9-15-12(6-10(2)3)16-13(18)7-11(17)8-14(16)20-15/h7-8,10,19H,4-6,9H2,1-3H3. The monoisotopic (exact) mass is 281 g/mol. The van der Waals surface area contributed by atoms with Gasteiger partial charge in [0.05, 0.1) is 11.9 Å². The zero-order valence-electron chi connectivity index (χ0n) is 12.2. The Morgan fingerprint density at radius 1 is 1.25 bits per heavy atom. The molecule has 4 heteroatoms. The number of hydrogen-bond donors (Lipinski definition) is 1. The Kier molecular flexibility index (Phi) is 4.76. The molecule has 0 bridgehead atoms. The number of nitrogens with one attached hydrogen (secondary N) is 1. The van der Waals surface area contributed by atoms with Crippen molar-refractivity contribution < 1.29 is 13.2 Å². The maximum atomic E-state index is 14.0. The van der Waals surface area contributed by atoms with E-state index in [9.17, 15) is 8.78 Å². The Labute approximate surface area is 118 Å². The first kappa shape index (κ1) is 15.0. The second kappa shape index (κ2) is 6.35. The van der Waals surface area contributed by atoms with Gasteiger partial charge >= 0.3 is 0 Å². The molecular weight excluding hydrogens is 260 g/mol. The summed E-state index contributed by atoms with van der Waals surface area (Å²) in [6.07, 6.45) is 1.74. The summed E-state index contributed by atoms with van der Waals surface area (Å²) in [5, 5.41) is 3.67. The summed E-state index contributed by atoms with van der Waals surface area (Å²) in [6.45, 7) is 7.64. The first-order chi connectivity index (χ1) is 9.52. The Balaban J connectivity index is 2.46. The summed E-state index contributed by atoms with van der Waals surface area (Å²) in [5.74, 6) is -0.0501. The van der Waals surface area contributed by atoms with Crippen LogP contribution >= 0.6 is 0 Å². The average molecular weight is 281 g/mol. The van der Waals surface area contributed by atoms with E-state index in [-0.39, 0.29) is 0 Å². The topological polar surface area (TPSA) is 25.2 Å². The quantitative estimate of drug-likeness (QED) is 0.793. The van der Waals surface area contributed by atoms with Crippen LogP contribution in [0.25, 0.3) is 11.0 Å². The summed E-state index contributed by atoms with van der Waals surface area (Å²) in [5.41, 5.74) is 1.16. The van der Waals surface area contributed by atoms with Crippen LogP contribution in [0.5, 0.6) is 0 Å². The van der Waals surface area contributed by atoms with Gasteiger partial charge in [-0.3, -0.25) is 0 Å². The van der Waals surface area contributed by atoms with Gasteiger partial charge in [-0.1, -0.05) is 20.8 Å². The number of benzene rings is 1. The maximum Gasteiger partial charge on any atom is 0.140 e. The van der Waals surface area contributed by atoms with Crippen LogP contribution in [0.2, 0.25) is 0 Å². The highest BCUT2D eigenvalue weighted by Gasteiger charge is 2.19. The summed E-state index contributed by atoms with van der Waals surface area (Å²) in [7, 11) is 0. The number of rotatable bonds is 6. The van der Waals surface area contributed by atoms with Crippen molar-refractivity contribution in [2.45, 2.75) is 40.2 Å². The Morgan fingerprint density at radius 2 is 2.00 bits per heavy atom. The number of fused-ring (bicyclic) bond motifs is 1. The molecule has 1 aromatic heterocycles. The van der Waals surface area contributed by atoms with E-state index in [0.29, 0.717) is 29.2 Å². The molecule has 0 aliphatic rings. The van der Waals surface area contributed by atoms with E-state index >= 15 is 0 Å². The third-order valence-corrected chi connectivity index (χ3v) is 3.22. The molecule has 2 rings (SSSR count). The molecule has 2 nitrogen and oxygen atoms in total. The van der Waals surface area contributed by atoms with Crippen LogP contribution in [-0.4, -0.2) is 6.54 Å². The van der Waals surface area contributed by atoms with E-state index in [4.69, 9.17) is 4.42 Å². The van der Waals surface area contributed by atoms with Crippen LogP contribution < -0.4 is 5.32 Å². The van der Waals surface area contributed by atoms with Crippen molar-refractivity contribution in [1.82, 2.24) is 5.32 Å². The molecule has 20 heavy (non-hydrogen) atoms. The fraction of sp³-hybridized carbons (Fsp3) is 0.500. The predicted molar refractivity (Wildman–Crippen MR) is 76.7 cm³/mol. The molecule has 110 valence electrons. The highest BCUT2D eigenvalue weighted by molar-refractivity contribution is 5.83. The Hall–Kier alpha value is -1.42. The molecular formula is C16H21F2NO. The number of halogens is 2. The third kappa shape index (κ3) is 3.18. The van der Waals surface area contributed by atoms with Gasteiger partial charge in [-0.15, -0.1) is 0 Å². The van der Waals surface area contributed by atoms with Crippen molar-refractivity contribution in [3.05, 3.63) is 35.1 Å². The molecule has 0 spiro atoms. The van der Waals surface area contributed by atoms with Gasteiger partial charge in [-0.25, -0.2) is 8.78 Å². The third-order valence-electron chi connectivity index (χ3n) is 3.22. The molecule has 0 aliphatic carbocycles. The van der Waals surface area contributed by atoms with Gasteiger partial charge in [0.1, 0.15) is 23.0 Å². The van der Waals surface area contributed by atoms with Crippen molar-refractivity contribution in [2.75, 3.05) is 6.54 Å². The zero-order chi connectivity index (χ0) is 14.7. The normalized spacial score (nSPS) is 11.7. The van der Waals surface area contributed by atoms with Crippen molar-refractivity contribution in [2.24, 2.45) is 5.92 Å². The summed E-state index contributed by atoms with van der Waals surface area (Å²) >= 11 is 0. The fourth-order valence-electron chi connectivity index (χ4n) is 2.40. The van der Waals surface area contributed by atoms with Crippen LogP contribution in [0.4, 0.5) is 8.78 Å². The lowest BCUT2D eigenvalue weighted by Crippen LogP contribution is -2.14. The Bertz CT molecular complexity index is 590. The molecule has 2 aromatic rings. The van der Waals surface area contributed by atoms with Crippen molar-refractivity contribution in [3.63, 3.8) is 0 Å². The average Bonchev–Trinajstić information content (AvgIpc) is 2.67. The molecule has 1 heterocycles. The molecule has 0 saturated carbocycles. The highest BCUT2D eigenvalue weighted by Crippen LogP contribution is 2.31. The Morgan fingerprint density at radius 3 is 2.65 bits per heavy atom. The largest absolute Gasteiger partial charge is 0.459 e. The van der Waals surface area contributed by atoms with Crippen LogP contribution in [0, 0.1) is 17.6 Å². The number of furan rings is 1. The molecule has 0 unspecified atom stereocenters. The van der Waals surface area contributed by atoms with Gasteiger partial charge in [-0.05, 0) is 25.3 Å². The summed E-state index contributed by atoms with van der Waals surface area (Å²) in [6, 6.07) is 2.18. The van der Waals surface area contributed by atoms with Crippen LogP contribution in [-0.2, 0) is 13.0 Å². The van der Waals surface area contributed by atoms with E-state index in [1.165, 1.54) is 6.07 Å². The van der Waals surface area contributed by atoms with Crippen molar-refractivity contribution in [3.8, 4) is 0 Å². The minimum atomic E-state index is -0.604. The lowest BCUT2D eigenvalue weighted by molar-refractivity contribution is 0.499. The van der Waals surface area contributed by atoms with E-state index in [1.807, 2.05) is 0 Å². The van der Waals surface area contributed by atoms with E-state index in [0.717, 1.165) is 31.0 Å². The molecule has 0 aliphatic heterocycles. The minimum Gasteiger partial charge on any atom is -0.459 e. The second-order valence-electron chi connectivity index (χ2n) is 5.54. The molecule has 0 atom stereocenters. The predicted octanol–water partition coefficient (Wildman–Crippen LogP) is 4.41. The van der Waals surface area contributed by atoms with Gasteiger partial charge in [0.2, 0.25) is 0 Å². The summed E-state index contributed by atoms with van der Waals surface area (Å²) in [4.78, 5) is 0. The summed E-state index contributed by atoms with van der Waals surface area (Å²) < 4.78 is 33.0. The molecule has 0 amide bonds. The van der Waals surface area contributed by atoms with Gasteiger partial charge in [0.15, 0.2) is 0 Å². The lowest BCUT2D eigenvalue weighted by Gasteiger charge is -2.07. The van der Waals surface area contributed by atoms with E-state index in [2.05, 4.69) is 26.1 Å². The first-order valence-electron chi connectivity index (χ1n) is 7.13. The van der Waals surface area contributed by atoms with Gasteiger partial charge in [-0.2, -0.15) is 0 Å². The number of hydrogen-bond acceptors (Lipinski definition) is 2. The van der Waals surface area contributed by atoms with Gasteiger partial charge < -0.3 is 9.73 Å². The van der Waals surface area contributed by atoms with Crippen molar-refractivity contribution in [1.29, 1.82) is 0 Å². The molecule has 0 fully saturated rings. The molecule has 0 saturated heterocycles. The second-order valence-corrected chi connectivity index (χ2v) is 5.54. The van der Waals surface area contributed by atoms with E-state index < -0.39 is 11.6 Å². The van der Waals surface area contributed by atoms with Crippen LogP contribution in [0.15, 0.2) is 16.5 Å².